The summed E-state index contributed by atoms with van der Waals surface area (Å²) in [7, 11) is 0. The average Bonchev–Trinajstić information content (AvgIpc) is 2.32. The molecule has 1 nitrogen and oxygen atoms in total. The van der Waals surface area contributed by atoms with Crippen LogP contribution in [0.4, 0.5) is 0 Å². The monoisotopic (exact) mass is 170 g/mol. The number of hydrogen-bond donors (Lipinski definition) is 1. The van der Waals surface area contributed by atoms with E-state index in [0.717, 1.165) is 12.8 Å². The van der Waals surface area contributed by atoms with Crippen molar-refractivity contribution in [3.05, 3.63) is 0 Å². The molecule has 1 saturated carbocycles. The SMILES string of the molecule is CCC(C)CC1(O)CCCC1C. The minimum Gasteiger partial charge on any atom is -0.390 e. The van der Waals surface area contributed by atoms with Gasteiger partial charge in [0.05, 0.1) is 5.60 Å². The Labute approximate surface area is 76.2 Å². The smallest absolute Gasteiger partial charge is 0.0675 e. The van der Waals surface area contributed by atoms with Crippen LogP contribution in [-0.2, 0) is 0 Å². The van der Waals surface area contributed by atoms with Gasteiger partial charge in [-0.1, -0.05) is 33.6 Å². The Morgan fingerprint density at radius 2 is 2.25 bits per heavy atom. The highest BCUT2D eigenvalue weighted by molar-refractivity contribution is 4.90. The van der Waals surface area contributed by atoms with Gasteiger partial charge in [-0.15, -0.1) is 0 Å². The first kappa shape index (κ1) is 10.0. The maximum atomic E-state index is 10.3. The average molecular weight is 170 g/mol. The Hall–Kier alpha value is -0.0400. The summed E-state index contributed by atoms with van der Waals surface area (Å²) >= 11 is 0. The van der Waals surface area contributed by atoms with E-state index in [1.54, 1.807) is 0 Å². The lowest BCUT2D eigenvalue weighted by molar-refractivity contribution is -0.0120. The van der Waals surface area contributed by atoms with Crippen molar-refractivity contribution < 1.29 is 5.11 Å². The topological polar surface area (TPSA) is 20.2 Å². The molecule has 0 aromatic carbocycles. The Kier molecular flexibility index (Phi) is 3.16. The standard InChI is InChI=1S/C11H22O/c1-4-9(2)8-11(12)7-5-6-10(11)3/h9-10,12H,4-8H2,1-3H3. The maximum Gasteiger partial charge on any atom is 0.0675 e. The van der Waals surface area contributed by atoms with Crippen LogP contribution in [-0.4, -0.2) is 10.7 Å². The highest BCUT2D eigenvalue weighted by Crippen LogP contribution is 2.40. The van der Waals surface area contributed by atoms with Crippen molar-refractivity contribution in [1.82, 2.24) is 0 Å². The van der Waals surface area contributed by atoms with Crippen LogP contribution < -0.4 is 0 Å². The summed E-state index contributed by atoms with van der Waals surface area (Å²) in [5.74, 6) is 1.20. The fraction of sp³-hybridized carbons (Fsp3) is 1.00. The van der Waals surface area contributed by atoms with Crippen molar-refractivity contribution in [2.24, 2.45) is 11.8 Å². The fourth-order valence-corrected chi connectivity index (χ4v) is 2.28. The third-order valence-electron chi connectivity index (χ3n) is 3.56. The summed E-state index contributed by atoms with van der Waals surface area (Å²) in [6.07, 6.45) is 5.65. The summed E-state index contributed by atoms with van der Waals surface area (Å²) in [4.78, 5) is 0. The molecule has 0 saturated heterocycles. The fourth-order valence-electron chi connectivity index (χ4n) is 2.28. The molecule has 72 valence electrons. The van der Waals surface area contributed by atoms with Gasteiger partial charge in [0.15, 0.2) is 0 Å². The third kappa shape index (κ3) is 2.01. The van der Waals surface area contributed by atoms with Crippen LogP contribution in [0.15, 0.2) is 0 Å². The highest BCUT2D eigenvalue weighted by Gasteiger charge is 2.38. The zero-order chi connectivity index (χ0) is 9.19. The van der Waals surface area contributed by atoms with Crippen LogP contribution in [0.25, 0.3) is 0 Å². The molecule has 3 unspecified atom stereocenters. The first-order valence-electron chi connectivity index (χ1n) is 5.31. The van der Waals surface area contributed by atoms with Gasteiger partial charge in [-0.3, -0.25) is 0 Å². The summed E-state index contributed by atoms with van der Waals surface area (Å²) in [6, 6.07) is 0. The van der Waals surface area contributed by atoms with Crippen LogP contribution in [0.1, 0.15) is 52.9 Å². The van der Waals surface area contributed by atoms with Crippen LogP contribution >= 0.6 is 0 Å². The minimum absolute atomic E-state index is 0.324. The van der Waals surface area contributed by atoms with Crippen molar-refractivity contribution in [1.29, 1.82) is 0 Å². The van der Waals surface area contributed by atoms with E-state index in [2.05, 4.69) is 20.8 Å². The second-order valence-electron chi connectivity index (χ2n) is 4.61. The van der Waals surface area contributed by atoms with Crippen LogP contribution in [0.3, 0.4) is 0 Å². The van der Waals surface area contributed by atoms with Gasteiger partial charge in [-0.2, -0.15) is 0 Å². The van der Waals surface area contributed by atoms with E-state index in [0.29, 0.717) is 11.8 Å². The van der Waals surface area contributed by atoms with E-state index in [1.807, 2.05) is 0 Å². The molecule has 0 spiro atoms. The highest BCUT2D eigenvalue weighted by atomic mass is 16.3. The summed E-state index contributed by atoms with van der Waals surface area (Å²) in [5, 5.41) is 10.3. The third-order valence-corrected chi connectivity index (χ3v) is 3.56. The van der Waals surface area contributed by atoms with Gasteiger partial charge in [-0.25, -0.2) is 0 Å². The first-order chi connectivity index (χ1) is 5.58. The molecular formula is C11H22O. The molecule has 0 bridgehead atoms. The van der Waals surface area contributed by atoms with Gasteiger partial charge < -0.3 is 5.11 Å². The van der Waals surface area contributed by atoms with Crippen molar-refractivity contribution in [2.45, 2.75) is 58.5 Å². The number of rotatable bonds is 3. The van der Waals surface area contributed by atoms with E-state index in [4.69, 9.17) is 0 Å². The molecule has 3 atom stereocenters. The molecule has 0 amide bonds. The van der Waals surface area contributed by atoms with E-state index in [-0.39, 0.29) is 5.60 Å². The quantitative estimate of drug-likeness (QED) is 0.690. The molecule has 1 N–H and O–H groups in total. The van der Waals surface area contributed by atoms with Gasteiger partial charge in [-0.05, 0) is 31.1 Å². The lowest BCUT2D eigenvalue weighted by Crippen LogP contribution is -2.33. The van der Waals surface area contributed by atoms with Crippen molar-refractivity contribution >= 4 is 0 Å². The largest absolute Gasteiger partial charge is 0.390 e. The van der Waals surface area contributed by atoms with Crippen LogP contribution in [0.2, 0.25) is 0 Å². The first-order valence-corrected chi connectivity index (χ1v) is 5.31. The summed E-state index contributed by atoms with van der Waals surface area (Å²) < 4.78 is 0. The van der Waals surface area contributed by atoms with Gasteiger partial charge >= 0.3 is 0 Å². The van der Waals surface area contributed by atoms with Crippen molar-refractivity contribution in [3.8, 4) is 0 Å². The molecule has 1 heteroatoms. The molecule has 1 fully saturated rings. The zero-order valence-electron chi connectivity index (χ0n) is 8.64. The second-order valence-corrected chi connectivity index (χ2v) is 4.61. The lowest BCUT2D eigenvalue weighted by Gasteiger charge is -2.30. The van der Waals surface area contributed by atoms with Gasteiger partial charge in [0.1, 0.15) is 0 Å². The van der Waals surface area contributed by atoms with Crippen LogP contribution in [0, 0.1) is 11.8 Å². The molecule has 0 radical (unpaired) electrons. The van der Waals surface area contributed by atoms with Gasteiger partial charge in [0.2, 0.25) is 0 Å². The molecule has 0 heterocycles. The molecule has 1 aliphatic carbocycles. The molecule has 12 heavy (non-hydrogen) atoms. The molecule has 1 rings (SSSR count). The Balaban J connectivity index is 2.47. The molecule has 0 aromatic rings. The Bertz CT molecular complexity index is 144. The van der Waals surface area contributed by atoms with Gasteiger partial charge in [0.25, 0.3) is 0 Å². The van der Waals surface area contributed by atoms with E-state index in [9.17, 15) is 5.11 Å². The van der Waals surface area contributed by atoms with E-state index >= 15 is 0 Å². The number of aliphatic hydroxyl groups is 1. The minimum atomic E-state index is -0.324. The summed E-state index contributed by atoms with van der Waals surface area (Å²) in [6.45, 7) is 6.63. The predicted octanol–water partition coefficient (Wildman–Crippen LogP) is 2.97. The van der Waals surface area contributed by atoms with Gasteiger partial charge in [0, 0.05) is 0 Å². The van der Waals surface area contributed by atoms with E-state index in [1.165, 1.54) is 19.3 Å². The lowest BCUT2D eigenvalue weighted by atomic mass is 9.83. The summed E-state index contributed by atoms with van der Waals surface area (Å²) in [5.41, 5.74) is -0.324. The normalized spacial score (nSPS) is 38.5. The molecular weight excluding hydrogens is 148 g/mol. The predicted molar refractivity (Wildman–Crippen MR) is 52.0 cm³/mol. The molecule has 0 aromatic heterocycles. The molecule has 0 aliphatic heterocycles. The number of hydrogen-bond acceptors (Lipinski definition) is 1. The van der Waals surface area contributed by atoms with Crippen molar-refractivity contribution in [2.75, 3.05) is 0 Å². The molecule has 1 aliphatic rings. The van der Waals surface area contributed by atoms with Crippen molar-refractivity contribution in [3.63, 3.8) is 0 Å². The zero-order valence-corrected chi connectivity index (χ0v) is 8.64. The maximum absolute atomic E-state index is 10.3. The van der Waals surface area contributed by atoms with Crippen LogP contribution in [0.5, 0.6) is 0 Å². The Morgan fingerprint density at radius 1 is 1.58 bits per heavy atom. The second kappa shape index (κ2) is 3.78. The van der Waals surface area contributed by atoms with E-state index < -0.39 is 0 Å². The Morgan fingerprint density at radius 3 is 2.67 bits per heavy atom.